The first kappa shape index (κ1) is 17.1. The number of halogens is 1. The molecular formula is C19H18BrN5OS. The number of thioether (sulfide) groups is 1. The maximum Gasteiger partial charge on any atom is 0.193 e. The van der Waals surface area contributed by atoms with Crippen LogP contribution in [0.2, 0.25) is 0 Å². The molecule has 0 aliphatic carbocycles. The van der Waals surface area contributed by atoms with E-state index in [4.69, 9.17) is 4.74 Å². The van der Waals surface area contributed by atoms with Crippen molar-refractivity contribution in [2.24, 2.45) is 5.10 Å². The highest BCUT2D eigenvalue weighted by molar-refractivity contribution is 9.11. The predicted octanol–water partition coefficient (Wildman–Crippen LogP) is 3.47. The molecule has 27 heavy (non-hydrogen) atoms. The summed E-state index contributed by atoms with van der Waals surface area (Å²) in [6, 6.07) is 8.58. The molecule has 1 N–H and O–H groups in total. The molecule has 8 heteroatoms. The van der Waals surface area contributed by atoms with Crippen molar-refractivity contribution >= 4 is 49.4 Å². The van der Waals surface area contributed by atoms with Gasteiger partial charge in [-0.15, -0.1) is 0 Å². The van der Waals surface area contributed by atoms with Crippen LogP contribution in [0.25, 0.3) is 10.9 Å². The van der Waals surface area contributed by atoms with Gasteiger partial charge in [0.05, 0.1) is 30.6 Å². The Morgan fingerprint density at radius 1 is 1.22 bits per heavy atom. The molecule has 0 radical (unpaired) electrons. The van der Waals surface area contributed by atoms with Crippen LogP contribution in [-0.4, -0.2) is 47.5 Å². The highest BCUT2D eigenvalue weighted by Crippen LogP contribution is 2.31. The van der Waals surface area contributed by atoms with E-state index >= 15 is 0 Å². The molecule has 5 rings (SSSR count). The van der Waals surface area contributed by atoms with Crippen molar-refractivity contribution in [1.29, 1.82) is 0 Å². The molecular weight excluding hydrogens is 426 g/mol. The van der Waals surface area contributed by atoms with Gasteiger partial charge in [-0.2, -0.15) is 5.10 Å². The van der Waals surface area contributed by atoms with E-state index in [1.54, 1.807) is 11.8 Å². The highest BCUT2D eigenvalue weighted by atomic mass is 79.9. The lowest BCUT2D eigenvalue weighted by atomic mass is 10.2. The number of benzene rings is 1. The molecule has 1 unspecified atom stereocenters. The molecule has 1 aromatic heterocycles. The maximum atomic E-state index is 5.45. The lowest BCUT2D eigenvalue weighted by Crippen LogP contribution is -2.36. The summed E-state index contributed by atoms with van der Waals surface area (Å²) in [5.74, 6) is 0. The Bertz CT molecular complexity index is 970. The summed E-state index contributed by atoms with van der Waals surface area (Å²) < 4.78 is 6.49. The van der Waals surface area contributed by atoms with Gasteiger partial charge in [0.2, 0.25) is 0 Å². The summed E-state index contributed by atoms with van der Waals surface area (Å²) in [4.78, 5) is 10.2. The van der Waals surface area contributed by atoms with Crippen LogP contribution in [-0.2, 0) is 4.74 Å². The van der Waals surface area contributed by atoms with Crippen LogP contribution in [0, 0.1) is 0 Å². The summed E-state index contributed by atoms with van der Waals surface area (Å²) in [5.41, 5.74) is 5.31. The van der Waals surface area contributed by atoms with E-state index in [0.717, 1.165) is 57.4 Å². The van der Waals surface area contributed by atoms with Gasteiger partial charge in [-0.1, -0.05) is 0 Å². The van der Waals surface area contributed by atoms with Crippen molar-refractivity contribution in [3.8, 4) is 0 Å². The number of nitrogens with one attached hydrogen (secondary N) is 1. The smallest absolute Gasteiger partial charge is 0.193 e. The number of morpholine rings is 1. The molecule has 3 aliphatic heterocycles. The second kappa shape index (κ2) is 7.18. The van der Waals surface area contributed by atoms with Crippen molar-refractivity contribution < 1.29 is 4.74 Å². The van der Waals surface area contributed by atoms with Gasteiger partial charge in [0.15, 0.2) is 5.17 Å². The summed E-state index contributed by atoms with van der Waals surface area (Å²) in [6.45, 7) is 3.37. The van der Waals surface area contributed by atoms with E-state index in [9.17, 15) is 0 Å². The first-order valence-electron chi connectivity index (χ1n) is 8.84. The zero-order valence-corrected chi connectivity index (χ0v) is 16.9. The average Bonchev–Trinajstić information content (AvgIpc) is 3.10. The third-order valence-corrected chi connectivity index (χ3v) is 6.18. The molecule has 1 atom stereocenters. The summed E-state index contributed by atoms with van der Waals surface area (Å²) >= 11 is 5.18. The topological polar surface area (TPSA) is 53.0 Å². The zero-order chi connectivity index (χ0) is 18.2. The Hall–Kier alpha value is -2.03. The van der Waals surface area contributed by atoms with Crippen molar-refractivity contribution in [1.82, 2.24) is 15.3 Å². The molecule has 0 saturated carbocycles. The second-order valence-corrected chi connectivity index (χ2v) is 8.45. The molecule has 1 saturated heterocycles. The molecule has 0 spiro atoms. The number of ether oxygens (including phenoxy) is 1. The minimum Gasteiger partial charge on any atom is -0.378 e. The van der Waals surface area contributed by atoms with E-state index in [-0.39, 0.29) is 6.17 Å². The quantitative estimate of drug-likeness (QED) is 0.766. The van der Waals surface area contributed by atoms with Crippen LogP contribution < -0.4 is 10.3 Å². The van der Waals surface area contributed by atoms with Crippen LogP contribution in [0.3, 0.4) is 0 Å². The zero-order valence-electron chi connectivity index (χ0n) is 14.5. The number of fused-ring (bicyclic) bond motifs is 2. The van der Waals surface area contributed by atoms with Gasteiger partial charge in [-0.3, -0.25) is 15.3 Å². The number of hydrogen-bond donors (Lipinski definition) is 1. The molecule has 0 amide bonds. The Kier molecular flexibility index (Phi) is 4.55. The van der Waals surface area contributed by atoms with Gasteiger partial charge in [-0.05, 0) is 64.1 Å². The number of rotatable bonds is 2. The number of aromatic nitrogens is 1. The molecule has 4 heterocycles. The van der Waals surface area contributed by atoms with Crippen LogP contribution >= 0.6 is 27.7 Å². The fourth-order valence-electron chi connectivity index (χ4n) is 3.33. The van der Waals surface area contributed by atoms with E-state index in [2.05, 4.69) is 77.8 Å². The average molecular weight is 444 g/mol. The molecule has 1 fully saturated rings. The van der Waals surface area contributed by atoms with Gasteiger partial charge in [0.1, 0.15) is 6.17 Å². The van der Waals surface area contributed by atoms with Gasteiger partial charge in [-0.25, -0.2) is 0 Å². The second-order valence-electron chi connectivity index (χ2n) is 6.50. The number of nitrogens with zero attached hydrogens (tertiary/aromatic N) is 4. The molecule has 2 aromatic rings. The van der Waals surface area contributed by atoms with Crippen molar-refractivity contribution in [3.63, 3.8) is 0 Å². The summed E-state index contributed by atoms with van der Waals surface area (Å²) in [7, 11) is 0. The molecule has 138 valence electrons. The number of amidine groups is 1. The maximum absolute atomic E-state index is 5.45. The minimum atomic E-state index is 0.0869. The van der Waals surface area contributed by atoms with Gasteiger partial charge in [0, 0.05) is 34.1 Å². The lowest BCUT2D eigenvalue weighted by Gasteiger charge is -2.28. The van der Waals surface area contributed by atoms with E-state index in [1.165, 1.54) is 0 Å². The Labute approximate surface area is 170 Å². The molecule has 1 aromatic carbocycles. The Morgan fingerprint density at radius 3 is 3.00 bits per heavy atom. The number of pyridine rings is 1. The Morgan fingerprint density at radius 2 is 2.11 bits per heavy atom. The van der Waals surface area contributed by atoms with E-state index < -0.39 is 0 Å². The summed E-state index contributed by atoms with van der Waals surface area (Å²) in [5, 5.41) is 6.55. The minimum absolute atomic E-state index is 0.0869. The van der Waals surface area contributed by atoms with E-state index in [0.29, 0.717) is 0 Å². The van der Waals surface area contributed by atoms with Crippen molar-refractivity contribution in [3.05, 3.63) is 53.3 Å². The fourth-order valence-corrected chi connectivity index (χ4v) is 4.60. The number of anilines is 1. The van der Waals surface area contributed by atoms with E-state index in [1.807, 2.05) is 12.3 Å². The van der Waals surface area contributed by atoms with Crippen LogP contribution in [0.15, 0.2) is 63.3 Å². The first-order valence-corrected chi connectivity index (χ1v) is 10.4. The van der Waals surface area contributed by atoms with Gasteiger partial charge >= 0.3 is 0 Å². The van der Waals surface area contributed by atoms with Crippen LogP contribution in [0.4, 0.5) is 5.69 Å². The lowest BCUT2D eigenvalue weighted by molar-refractivity contribution is 0.122. The molecule has 0 bridgehead atoms. The van der Waals surface area contributed by atoms with Gasteiger partial charge in [0.25, 0.3) is 0 Å². The highest BCUT2D eigenvalue weighted by Gasteiger charge is 2.27. The van der Waals surface area contributed by atoms with Crippen molar-refractivity contribution in [2.45, 2.75) is 11.1 Å². The largest absolute Gasteiger partial charge is 0.378 e. The molecule has 6 nitrogen and oxygen atoms in total. The third kappa shape index (κ3) is 3.44. The SMILES string of the molecule is BrC1=CN2C(Sc3ccc4ncc(N5CCOCC5)cc4c3)=NNC2C=C1. The number of hydrazone groups is 1. The normalized spacial score (nSPS) is 21.7. The fraction of sp³-hybridized carbons (Fsp3) is 0.263. The van der Waals surface area contributed by atoms with Crippen LogP contribution in [0.1, 0.15) is 0 Å². The molecule has 3 aliphatic rings. The monoisotopic (exact) mass is 443 g/mol. The Balaban J connectivity index is 1.40. The van der Waals surface area contributed by atoms with Gasteiger partial charge < -0.3 is 9.64 Å². The van der Waals surface area contributed by atoms with Crippen molar-refractivity contribution in [2.75, 3.05) is 31.2 Å². The summed E-state index contributed by atoms with van der Waals surface area (Å²) in [6.07, 6.45) is 8.21. The first-order chi connectivity index (χ1) is 13.3. The number of hydrogen-bond acceptors (Lipinski definition) is 7. The predicted molar refractivity (Wildman–Crippen MR) is 113 cm³/mol. The standard InChI is InChI=1S/C19H18BrN5OS/c20-14-1-4-18-22-23-19(25(18)12-14)27-16-2-3-17-13(10-16)9-15(11-21-17)24-5-7-26-8-6-24/h1-4,9-12,18,22H,5-8H2. The number of allylic oxidation sites excluding steroid dienone is 2. The van der Waals surface area contributed by atoms with Crippen LogP contribution in [0.5, 0.6) is 0 Å². The third-order valence-electron chi connectivity index (χ3n) is 4.74.